The molecule has 1 unspecified atom stereocenters. The third kappa shape index (κ3) is 2.98. The molecule has 1 aromatic carbocycles. The lowest BCUT2D eigenvalue weighted by atomic mass is 9.81. The summed E-state index contributed by atoms with van der Waals surface area (Å²) in [6.07, 6.45) is 3.55. The molecular weight excluding hydrogens is 320 g/mol. The van der Waals surface area contributed by atoms with E-state index in [0.717, 1.165) is 28.6 Å². The van der Waals surface area contributed by atoms with E-state index in [1.165, 1.54) is 11.1 Å². The van der Waals surface area contributed by atoms with E-state index in [4.69, 9.17) is 0 Å². The Morgan fingerprint density at radius 3 is 2.84 bits per heavy atom. The first kappa shape index (κ1) is 13.1. The third-order valence-electron chi connectivity index (χ3n) is 3.77. The normalized spacial score (nSPS) is 18.1. The average molecular weight is 335 g/mol. The van der Waals surface area contributed by atoms with Gasteiger partial charge in [0.25, 0.3) is 0 Å². The molecule has 1 aromatic heterocycles. The molecule has 1 aliphatic carbocycles. The van der Waals surface area contributed by atoms with Gasteiger partial charge in [0.1, 0.15) is 5.78 Å². The van der Waals surface area contributed by atoms with Crippen molar-refractivity contribution in [1.29, 1.82) is 0 Å². The van der Waals surface area contributed by atoms with Crippen LogP contribution in [0, 0.1) is 5.92 Å². The summed E-state index contributed by atoms with van der Waals surface area (Å²) in [7, 11) is 0. The fraction of sp³-hybridized carbons (Fsp3) is 0.312. The van der Waals surface area contributed by atoms with Gasteiger partial charge in [-0.05, 0) is 52.4 Å². The number of ketones is 1. The van der Waals surface area contributed by atoms with Gasteiger partial charge >= 0.3 is 0 Å². The lowest BCUT2D eigenvalue weighted by Crippen LogP contribution is -2.23. The minimum Gasteiger partial charge on any atom is -0.299 e. The Kier molecular flexibility index (Phi) is 3.85. The van der Waals surface area contributed by atoms with E-state index in [9.17, 15) is 4.79 Å². The molecule has 1 aliphatic rings. The van der Waals surface area contributed by atoms with Crippen LogP contribution in [0.25, 0.3) is 0 Å². The largest absolute Gasteiger partial charge is 0.299 e. The highest BCUT2D eigenvalue weighted by molar-refractivity contribution is 9.10. The van der Waals surface area contributed by atoms with Crippen LogP contribution in [-0.4, -0.2) is 5.78 Å². The van der Waals surface area contributed by atoms with Gasteiger partial charge in [-0.25, -0.2) is 0 Å². The molecule has 1 nitrogen and oxygen atoms in total. The summed E-state index contributed by atoms with van der Waals surface area (Å²) >= 11 is 5.10. The molecule has 0 aliphatic heterocycles. The topological polar surface area (TPSA) is 17.1 Å². The fourth-order valence-electron chi connectivity index (χ4n) is 2.74. The maximum absolute atomic E-state index is 12.4. The van der Waals surface area contributed by atoms with Crippen LogP contribution in [-0.2, 0) is 24.1 Å². The van der Waals surface area contributed by atoms with Crippen LogP contribution >= 0.6 is 27.3 Å². The van der Waals surface area contributed by atoms with Gasteiger partial charge in [-0.3, -0.25) is 4.79 Å². The number of fused-ring (bicyclic) bond motifs is 1. The van der Waals surface area contributed by atoms with Crippen LogP contribution in [0.15, 0.2) is 40.2 Å². The molecule has 1 heterocycles. The highest BCUT2D eigenvalue weighted by Gasteiger charge is 2.24. The smallest absolute Gasteiger partial charge is 0.141 e. The summed E-state index contributed by atoms with van der Waals surface area (Å²) < 4.78 is 1.08. The van der Waals surface area contributed by atoms with Gasteiger partial charge in [0.05, 0.1) is 0 Å². The lowest BCUT2D eigenvalue weighted by Gasteiger charge is -2.23. The molecule has 0 fully saturated rings. The zero-order valence-corrected chi connectivity index (χ0v) is 13.0. The Bertz CT molecular complexity index is 602. The molecule has 0 N–H and O–H groups in total. The second-order valence-electron chi connectivity index (χ2n) is 5.08. The highest BCUT2D eigenvalue weighted by atomic mass is 79.9. The molecular formula is C16H15BrOS. The number of aryl methyl sites for hydroxylation is 1. The first-order chi connectivity index (χ1) is 9.22. The molecule has 1 atom stereocenters. The Morgan fingerprint density at radius 1 is 1.32 bits per heavy atom. The first-order valence-electron chi connectivity index (χ1n) is 6.55. The van der Waals surface area contributed by atoms with Gasteiger partial charge in [-0.1, -0.05) is 24.3 Å². The summed E-state index contributed by atoms with van der Waals surface area (Å²) in [5.74, 6) is 0.597. The van der Waals surface area contributed by atoms with Crippen LogP contribution < -0.4 is 0 Å². The zero-order valence-electron chi connectivity index (χ0n) is 10.6. The maximum atomic E-state index is 12.4. The summed E-state index contributed by atoms with van der Waals surface area (Å²) in [4.78, 5) is 13.5. The number of hydrogen-bond acceptors (Lipinski definition) is 2. The van der Waals surface area contributed by atoms with Crippen molar-refractivity contribution < 1.29 is 4.79 Å². The molecule has 0 radical (unpaired) electrons. The number of carbonyl (C=O) groups is 1. The zero-order chi connectivity index (χ0) is 13.2. The van der Waals surface area contributed by atoms with E-state index in [1.54, 1.807) is 11.3 Å². The lowest BCUT2D eigenvalue weighted by molar-refractivity contribution is -0.122. The quantitative estimate of drug-likeness (QED) is 0.811. The summed E-state index contributed by atoms with van der Waals surface area (Å²) in [6.45, 7) is 0. The molecule has 0 spiro atoms. The monoisotopic (exact) mass is 334 g/mol. The Labute approximate surface area is 125 Å². The number of benzene rings is 1. The number of Topliss-reactive ketones (excluding diaryl/α,β-unsaturated/α-hetero) is 1. The van der Waals surface area contributed by atoms with Gasteiger partial charge in [-0.2, -0.15) is 0 Å². The highest BCUT2D eigenvalue weighted by Crippen LogP contribution is 2.28. The SMILES string of the molecule is O=C(Cc1cc(Br)cs1)C1CCc2ccccc2C1. The summed E-state index contributed by atoms with van der Waals surface area (Å²) in [5.41, 5.74) is 2.78. The van der Waals surface area contributed by atoms with Gasteiger partial charge in [0, 0.05) is 27.1 Å². The van der Waals surface area contributed by atoms with E-state index in [1.807, 2.05) is 5.38 Å². The molecule has 0 bridgehead atoms. The predicted molar refractivity (Wildman–Crippen MR) is 82.7 cm³/mol. The summed E-state index contributed by atoms with van der Waals surface area (Å²) in [6, 6.07) is 10.6. The van der Waals surface area contributed by atoms with Crippen molar-refractivity contribution in [2.24, 2.45) is 5.92 Å². The van der Waals surface area contributed by atoms with Crippen molar-refractivity contribution in [3.63, 3.8) is 0 Å². The van der Waals surface area contributed by atoms with Crippen LogP contribution in [0.5, 0.6) is 0 Å². The number of carbonyl (C=O) groups excluding carboxylic acids is 1. The third-order valence-corrected chi connectivity index (χ3v) is 5.47. The van der Waals surface area contributed by atoms with Crippen LogP contribution in [0.4, 0.5) is 0 Å². The number of thiophene rings is 1. The second kappa shape index (κ2) is 5.59. The van der Waals surface area contributed by atoms with Crippen molar-refractivity contribution in [3.8, 4) is 0 Å². The second-order valence-corrected chi connectivity index (χ2v) is 6.99. The van der Waals surface area contributed by atoms with Gasteiger partial charge in [0.15, 0.2) is 0 Å². The number of hydrogen-bond donors (Lipinski definition) is 0. The Balaban J connectivity index is 1.69. The van der Waals surface area contributed by atoms with Crippen molar-refractivity contribution in [1.82, 2.24) is 0 Å². The van der Waals surface area contributed by atoms with Gasteiger partial charge < -0.3 is 0 Å². The maximum Gasteiger partial charge on any atom is 0.141 e. The first-order valence-corrected chi connectivity index (χ1v) is 8.22. The van der Waals surface area contributed by atoms with Crippen LogP contribution in [0.1, 0.15) is 22.4 Å². The van der Waals surface area contributed by atoms with Crippen molar-refractivity contribution in [2.45, 2.75) is 25.7 Å². The van der Waals surface area contributed by atoms with Crippen LogP contribution in [0.2, 0.25) is 0 Å². The number of rotatable bonds is 3. The molecule has 3 rings (SSSR count). The molecule has 0 saturated carbocycles. The van der Waals surface area contributed by atoms with Crippen molar-refractivity contribution in [2.75, 3.05) is 0 Å². The summed E-state index contributed by atoms with van der Waals surface area (Å²) in [5, 5.41) is 2.04. The van der Waals surface area contributed by atoms with Crippen molar-refractivity contribution in [3.05, 3.63) is 56.2 Å². The molecule has 0 saturated heterocycles. The minimum absolute atomic E-state index is 0.204. The van der Waals surface area contributed by atoms with E-state index in [0.29, 0.717) is 12.2 Å². The Hall–Kier alpha value is -0.930. The Morgan fingerprint density at radius 2 is 2.11 bits per heavy atom. The molecule has 3 heteroatoms. The molecule has 0 amide bonds. The standard InChI is InChI=1S/C16H15BrOS/c17-14-8-15(19-10-14)9-16(18)13-6-5-11-3-1-2-4-12(11)7-13/h1-4,8,10,13H,5-7,9H2. The minimum atomic E-state index is 0.204. The van der Waals surface area contributed by atoms with Crippen molar-refractivity contribution >= 4 is 33.0 Å². The van der Waals surface area contributed by atoms with Gasteiger partial charge in [0.2, 0.25) is 0 Å². The fourth-order valence-corrected chi connectivity index (χ4v) is 4.20. The number of halogens is 1. The van der Waals surface area contributed by atoms with Crippen LogP contribution in [0.3, 0.4) is 0 Å². The van der Waals surface area contributed by atoms with E-state index in [2.05, 4.69) is 46.3 Å². The predicted octanol–water partition coefficient (Wildman–Crippen LogP) is 4.43. The van der Waals surface area contributed by atoms with E-state index < -0.39 is 0 Å². The molecule has 19 heavy (non-hydrogen) atoms. The molecule has 2 aromatic rings. The van der Waals surface area contributed by atoms with E-state index in [-0.39, 0.29) is 5.92 Å². The molecule has 98 valence electrons. The van der Waals surface area contributed by atoms with E-state index >= 15 is 0 Å². The van der Waals surface area contributed by atoms with Gasteiger partial charge in [-0.15, -0.1) is 11.3 Å². The average Bonchev–Trinajstić information content (AvgIpc) is 2.83.